The Morgan fingerprint density at radius 3 is 1.89 bits per heavy atom. The van der Waals surface area contributed by atoms with Crippen molar-refractivity contribution in [3.63, 3.8) is 0 Å². The van der Waals surface area contributed by atoms with Crippen molar-refractivity contribution in [1.82, 2.24) is 0 Å². The molecule has 0 amide bonds. The van der Waals surface area contributed by atoms with Crippen LogP contribution in [-0.2, 0) is 27.2 Å². The van der Waals surface area contributed by atoms with E-state index in [-0.39, 0.29) is 31.4 Å². The number of aryl methyl sites for hydroxylation is 2. The van der Waals surface area contributed by atoms with Crippen molar-refractivity contribution in [2.45, 2.75) is 25.7 Å². The predicted octanol–water partition coefficient (Wildman–Crippen LogP) is 3.65. The number of esters is 2. The number of rotatable bonds is 0. The Morgan fingerprint density at radius 1 is 0.593 bits per heavy atom. The van der Waals surface area contributed by atoms with Crippen LogP contribution in [0.3, 0.4) is 0 Å². The monoisotopic (exact) mass is 366 g/mol. The van der Waals surface area contributed by atoms with Gasteiger partial charge in [-0.3, -0.25) is 9.59 Å². The van der Waals surface area contributed by atoms with E-state index in [1.165, 1.54) is 0 Å². The van der Waals surface area contributed by atoms with Crippen LogP contribution >= 0.6 is 0 Å². The maximum Gasteiger partial charge on any atom is 0.311 e. The fraction of sp³-hybridized carbons (Fsp3) is 0.273. The Bertz CT molecular complexity index is 825. The van der Waals surface area contributed by atoms with E-state index >= 15 is 0 Å². The van der Waals surface area contributed by atoms with Gasteiger partial charge in [-0.05, 0) is 48.3 Å². The molecule has 0 spiro atoms. The second kappa shape index (κ2) is 9.57. The lowest BCUT2D eigenvalue weighted by molar-refractivity contribution is -0.142. The molecule has 1 aliphatic rings. The molecule has 3 rings (SSSR count). The Labute approximate surface area is 158 Å². The maximum absolute atomic E-state index is 12.3. The molecule has 140 valence electrons. The van der Waals surface area contributed by atoms with Gasteiger partial charge in [0.25, 0.3) is 0 Å². The largest absolute Gasteiger partial charge is 0.489 e. The molecule has 0 radical (unpaired) electrons. The van der Waals surface area contributed by atoms with E-state index < -0.39 is 0 Å². The van der Waals surface area contributed by atoms with E-state index in [0.717, 1.165) is 16.9 Å². The average molecular weight is 366 g/mol. The Balaban J connectivity index is 1.78. The third kappa shape index (κ3) is 5.71. The summed E-state index contributed by atoms with van der Waals surface area (Å²) < 4.78 is 16.5. The summed E-state index contributed by atoms with van der Waals surface area (Å²) in [5.41, 5.74) is 1.76. The van der Waals surface area contributed by atoms with Crippen molar-refractivity contribution >= 4 is 11.9 Å². The molecule has 0 saturated heterocycles. The van der Waals surface area contributed by atoms with E-state index in [2.05, 4.69) is 0 Å². The molecule has 1 aliphatic heterocycles. The number of benzene rings is 2. The van der Waals surface area contributed by atoms with Crippen LogP contribution in [-0.4, -0.2) is 25.2 Å². The second-order valence-corrected chi connectivity index (χ2v) is 6.15. The summed E-state index contributed by atoms with van der Waals surface area (Å²) in [5.74, 6) is 0.612. The summed E-state index contributed by atoms with van der Waals surface area (Å²) in [6.07, 6.45) is 5.03. The molecule has 0 N–H and O–H groups in total. The molecule has 0 unspecified atom stereocenters. The van der Waals surface area contributed by atoms with Crippen LogP contribution in [0, 0.1) is 0 Å². The van der Waals surface area contributed by atoms with Crippen LogP contribution < -0.4 is 9.47 Å². The van der Waals surface area contributed by atoms with Gasteiger partial charge in [-0.15, -0.1) is 0 Å². The highest BCUT2D eigenvalue weighted by molar-refractivity contribution is 5.73. The summed E-state index contributed by atoms with van der Waals surface area (Å²) in [6, 6.07) is 14.9. The first-order valence-corrected chi connectivity index (χ1v) is 9.02. The zero-order chi connectivity index (χ0) is 18.9. The smallest absolute Gasteiger partial charge is 0.311 e. The molecule has 27 heavy (non-hydrogen) atoms. The molecule has 2 aromatic rings. The summed E-state index contributed by atoms with van der Waals surface area (Å²) >= 11 is 0. The number of hydrogen-bond donors (Lipinski definition) is 0. The molecule has 0 fully saturated rings. The Morgan fingerprint density at radius 2 is 1.15 bits per heavy atom. The van der Waals surface area contributed by atoms with E-state index in [4.69, 9.17) is 14.2 Å². The molecule has 0 atom stereocenters. The van der Waals surface area contributed by atoms with Crippen molar-refractivity contribution in [3.8, 4) is 11.5 Å². The minimum absolute atomic E-state index is 0.209. The first-order valence-electron chi connectivity index (χ1n) is 9.02. The van der Waals surface area contributed by atoms with Gasteiger partial charge in [-0.2, -0.15) is 0 Å². The minimum atomic E-state index is -0.316. The number of hydrogen-bond acceptors (Lipinski definition) is 5. The number of carbonyl (C=O) groups is 2. The van der Waals surface area contributed by atoms with Gasteiger partial charge in [0, 0.05) is 6.42 Å². The normalized spacial score (nSPS) is 17.3. The van der Waals surface area contributed by atoms with Gasteiger partial charge >= 0.3 is 11.9 Å². The fourth-order valence-corrected chi connectivity index (χ4v) is 2.80. The lowest BCUT2D eigenvalue weighted by Gasteiger charge is -2.11. The van der Waals surface area contributed by atoms with Crippen LogP contribution in [0.15, 0.2) is 60.7 Å². The Hall–Kier alpha value is -3.08. The quantitative estimate of drug-likeness (QED) is 0.405. The standard InChI is InChI=1S/C22H22O5/c23-21-13-11-18-8-2-4-10-20(18)27-22(24)14-12-17-7-1-3-9-19(17)25-15-5-6-16-26-21/h1-10H,11-16H2/b6-5+. The number of carbonyl (C=O) groups excluding carboxylic acids is 2. The molecule has 0 bridgehead atoms. The zero-order valence-corrected chi connectivity index (χ0v) is 15.1. The lowest BCUT2D eigenvalue weighted by Crippen LogP contribution is -2.11. The van der Waals surface area contributed by atoms with Crippen molar-refractivity contribution in [2.24, 2.45) is 0 Å². The average Bonchev–Trinajstić information content (AvgIpc) is 2.68. The molecular weight excluding hydrogens is 344 g/mol. The molecule has 2 aromatic carbocycles. The van der Waals surface area contributed by atoms with Gasteiger partial charge in [0.05, 0.1) is 6.42 Å². The number of ether oxygens (including phenoxy) is 3. The molecule has 0 aliphatic carbocycles. The van der Waals surface area contributed by atoms with Gasteiger partial charge in [0.15, 0.2) is 0 Å². The van der Waals surface area contributed by atoms with Crippen LogP contribution in [0.25, 0.3) is 0 Å². The topological polar surface area (TPSA) is 61.8 Å². The van der Waals surface area contributed by atoms with Crippen molar-refractivity contribution in [1.29, 1.82) is 0 Å². The minimum Gasteiger partial charge on any atom is -0.489 e. The third-order valence-corrected chi connectivity index (χ3v) is 4.21. The summed E-state index contributed by atoms with van der Waals surface area (Å²) in [6.45, 7) is 0.574. The van der Waals surface area contributed by atoms with Gasteiger partial charge in [-0.1, -0.05) is 36.4 Å². The fourth-order valence-electron chi connectivity index (χ4n) is 2.80. The lowest BCUT2D eigenvalue weighted by atomic mass is 10.1. The highest BCUT2D eigenvalue weighted by Crippen LogP contribution is 2.23. The van der Waals surface area contributed by atoms with E-state index in [1.807, 2.05) is 42.5 Å². The van der Waals surface area contributed by atoms with E-state index in [1.54, 1.807) is 18.2 Å². The van der Waals surface area contributed by atoms with Gasteiger partial charge in [-0.25, -0.2) is 0 Å². The highest BCUT2D eigenvalue weighted by atomic mass is 16.5. The zero-order valence-electron chi connectivity index (χ0n) is 15.1. The Kier molecular flexibility index (Phi) is 6.63. The van der Waals surface area contributed by atoms with Crippen LogP contribution in [0.5, 0.6) is 11.5 Å². The van der Waals surface area contributed by atoms with E-state index in [0.29, 0.717) is 25.2 Å². The summed E-state index contributed by atoms with van der Waals surface area (Å²) in [4.78, 5) is 24.2. The number of para-hydroxylation sites is 2. The molecule has 5 heteroatoms. The molecule has 0 saturated carbocycles. The maximum atomic E-state index is 12.3. The van der Waals surface area contributed by atoms with Crippen LogP contribution in [0.2, 0.25) is 0 Å². The van der Waals surface area contributed by atoms with Crippen molar-refractivity contribution < 1.29 is 23.8 Å². The number of cyclic esters (lactones) is 1. The molecular formula is C22H22O5. The molecule has 0 aromatic heterocycles. The second-order valence-electron chi connectivity index (χ2n) is 6.15. The van der Waals surface area contributed by atoms with Gasteiger partial charge in [0.2, 0.25) is 0 Å². The summed E-state index contributed by atoms with van der Waals surface area (Å²) in [7, 11) is 0. The summed E-state index contributed by atoms with van der Waals surface area (Å²) in [5, 5.41) is 0. The molecule has 5 nitrogen and oxygen atoms in total. The van der Waals surface area contributed by atoms with Gasteiger partial charge < -0.3 is 14.2 Å². The van der Waals surface area contributed by atoms with Gasteiger partial charge in [0.1, 0.15) is 24.7 Å². The molecule has 1 heterocycles. The predicted molar refractivity (Wildman–Crippen MR) is 101 cm³/mol. The third-order valence-electron chi connectivity index (χ3n) is 4.21. The first kappa shape index (κ1) is 18.7. The highest BCUT2D eigenvalue weighted by Gasteiger charge is 2.13. The van der Waals surface area contributed by atoms with Crippen LogP contribution in [0.1, 0.15) is 24.0 Å². The van der Waals surface area contributed by atoms with Crippen LogP contribution in [0.4, 0.5) is 0 Å². The van der Waals surface area contributed by atoms with E-state index in [9.17, 15) is 9.59 Å². The number of fused-ring (bicyclic) bond motifs is 2. The first-order chi connectivity index (χ1) is 13.2. The SMILES string of the molecule is O=C1CCc2ccccc2OC(=O)CCc2ccccc2OC/C=C/CO1. The van der Waals surface area contributed by atoms with Crippen molar-refractivity contribution in [2.75, 3.05) is 13.2 Å². The van der Waals surface area contributed by atoms with Crippen molar-refractivity contribution in [3.05, 3.63) is 71.8 Å².